The van der Waals surface area contributed by atoms with Gasteiger partial charge in [0.15, 0.2) is 5.96 Å². The standard InChI is InChI=1S/C25H35N5O2.HI/c1-5-26-25(27-12-11-22-18-30-13-6-8-20(3)24(30)29-22)28-17-21-10-9-19(2)16-23(21)32-15-7-14-31-4;/h6,8-10,13,16,18H,5,7,11-12,14-15,17H2,1-4H3,(H2,26,27,28);1H. The highest BCUT2D eigenvalue weighted by molar-refractivity contribution is 14.0. The van der Waals surface area contributed by atoms with Crippen LogP contribution in [0.5, 0.6) is 5.75 Å². The SMILES string of the molecule is CCNC(=NCc1ccc(C)cc1OCCCOC)NCCc1cn2cccc(C)c2n1.I. The summed E-state index contributed by atoms with van der Waals surface area (Å²) in [4.78, 5) is 9.52. The number of guanidine groups is 1. The van der Waals surface area contributed by atoms with Gasteiger partial charge in [-0.3, -0.25) is 0 Å². The zero-order valence-corrected chi connectivity index (χ0v) is 22.4. The van der Waals surface area contributed by atoms with E-state index in [2.05, 4.69) is 66.3 Å². The number of nitrogens with zero attached hydrogens (tertiary/aromatic N) is 3. The van der Waals surface area contributed by atoms with Gasteiger partial charge in [-0.05, 0) is 44.0 Å². The molecular weight excluding hydrogens is 529 g/mol. The Balaban J connectivity index is 0.00000385. The quantitative estimate of drug-likeness (QED) is 0.157. The molecule has 0 radical (unpaired) electrons. The number of aryl methyl sites for hydroxylation is 2. The second-order valence-electron chi connectivity index (χ2n) is 7.83. The normalized spacial score (nSPS) is 11.3. The summed E-state index contributed by atoms with van der Waals surface area (Å²) in [5, 5.41) is 6.74. The van der Waals surface area contributed by atoms with Crippen molar-refractivity contribution in [1.29, 1.82) is 0 Å². The van der Waals surface area contributed by atoms with Crippen LogP contribution in [-0.2, 0) is 17.7 Å². The summed E-state index contributed by atoms with van der Waals surface area (Å²) in [6.45, 7) is 9.64. The highest BCUT2D eigenvalue weighted by atomic mass is 127. The summed E-state index contributed by atoms with van der Waals surface area (Å²) >= 11 is 0. The Labute approximate surface area is 214 Å². The molecule has 0 aliphatic rings. The summed E-state index contributed by atoms with van der Waals surface area (Å²) in [5.74, 6) is 1.68. The molecule has 7 nitrogen and oxygen atoms in total. The van der Waals surface area contributed by atoms with E-state index in [1.807, 2.05) is 12.3 Å². The number of benzene rings is 1. The number of ether oxygens (including phenoxy) is 2. The van der Waals surface area contributed by atoms with E-state index < -0.39 is 0 Å². The summed E-state index contributed by atoms with van der Waals surface area (Å²) < 4.78 is 13.2. The van der Waals surface area contributed by atoms with Crippen molar-refractivity contribution in [3.63, 3.8) is 0 Å². The van der Waals surface area contributed by atoms with Gasteiger partial charge >= 0.3 is 0 Å². The Morgan fingerprint density at radius 3 is 2.76 bits per heavy atom. The molecule has 3 rings (SSSR count). The Morgan fingerprint density at radius 2 is 2.00 bits per heavy atom. The molecule has 0 bridgehead atoms. The number of rotatable bonds is 11. The maximum Gasteiger partial charge on any atom is 0.191 e. The van der Waals surface area contributed by atoms with Crippen molar-refractivity contribution >= 4 is 35.6 Å². The summed E-state index contributed by atoms with van der Waals surface area (Å²) in [6, 6.07) is 10.4. The van der Waals surface area contributed by atoms with Gasteiger partial charge in [-0.25, -0.2) is 9.98 Å². The lowest BCUT2D eigenvalue weighted by atomic mass is 10.1. The monoisotopic (exact) mass is 565 g/mol. The molecule has 0 aliphatic heterocycles. The lowest BCUT2D eigenvalue weighted by molar-refractivity contribution is 0.172. The molecule has 0 saturated heterocycles. The summed E-state index contributed by atoms with van der Waals surface area (Å²) in [5.41, 5.74) is 5.50. The number of fused-ring (bicyclic) bond motifs is 1. The van der Waals surface area contributed by atoms with Gasteiger partial charge in [0, 0.05) is 57.6 Å². The van der Waals surface area contributed by atoms with Crippen LogP contribution in [0.3, 0.4) is 0 Å². The van der Waals surface area contributed by atoms with E-state index in [0.717, 1.165) is 54.5 Å². The Morgan fingerprint density at radius 1 is 1.15 bits per heavy atom. The number of aromatic nitrogens is 2. The minimum absolute atomic E-state index is 0. The van der Waals surface area contributed by atoms with Crippen LogP contribution in [0.2, 0.25) is 0 Å². The van der Waals surface area contributed by atoms with E-state index in [4.69, 9.17) is 19.5 Å². The van der Waals surface area contributed by atoms with E-state index in [-0.39, 0.29) is 24.0 Å². The summed E-state index contributed by atoms with van der Waals surface area (Å²) in [7, 11) is 1.71. The van der Waals surface area contributed by atoms with E-state index in [1.54, 1.807) is 7.11 Å². The van der Waals surface area contributed by atoms with Crippen molar-refractivity contribution in [2.45, 2.75) is 40.2 Å². The molecule has 2 heterocycles. The second-order valence-corrected chi connectivity index (χ2v) is 7.83. The molecule has 0 fully saturated rings. The Kier molecular flexibility index (Phi) is 11.5. The van der Waals surface area contributed by atoms with Crippen molar-refractivity contribution in [3.8, 4) is 5.75 Å². The maximum absolute atomic E-state index is 5.99. The van der Waals surface area contributed by atoms with Gasteiger partial charge in [0.1, 0.15) is 11.4 Å². The van der Waals surface area contributed by atoms with Crippen molar-refractivity contribution in [2.24, 2.45) is 4.99 Å². The van der Waals surface area contributed by atoms with Crippen LogP contribution in [-0.4, -0.2) is 48.8 Å². The molecule has 2 N–H and O–H groups in total. The maximum atomic E-state index is 5.99. The third kappa shape index (κ3) is 8.19. The number of hydrogen-bond donors (Lipinski definition) is 2. The molecule has 0 aliphatic carbocycles. The molecule has 33 heavy (non-hydrogen) atoms. The molecule has 0 unspecified atom stereocenters. The number of aliphatic imine (C=N–C) groups is 1. The van der Waals surface area contributed by atoms with E-state index in [9.17, 15) is 0 Å². The van der Waals surface area contributed by atoms with Crippen LogP contribution in [0, 0.1) is 13.8 Å². The number of pyridine rings is 1. The summed E-state index contributed by atoms with van der Waals surface area (Å²) in [6.07, 6.45) is 5.81. The fraction of sp³-hybridized carbons (Fsp3) is 0.440. The molecule has 8 heteroatoms. The lowest BCUT2D eigenvalue weighted by Crippen LogP contribution is -2.38. The fourth-order valence-electron chi connectivity index (χ4n) is 3.45. The minimum atomic E-state index is 0. The smallest absolute Gasteiger partial charge is 0.191 e. The van der Waals surface area contributed by atoms with Crippen LogP contribution in [0.1, 0.15) is 35.7 Å². The van der Waals surface area contributed by atoms with Crippen LogP contribution < -0.4 is 15.4 Å². The Hall–Kier alpha value is -2.33. The molecule has 180 valence electrons. The first-order valence-electron chi connectivity index (χ1n) is 11.3. The highest BCUT2D eigenvalue weighted by Gasteiger charge is 2.07. The predicted molar refractivity (Wildman–Crippen MR) is 145 cm³/mol. The number of halogens is 1. The number of nitrogens with one attached hydrogen (secondary N) is 2. The largest absolute Gasteiger partial charge is 0.493 e. The van der Waals surface area contributed by atoms with Crippen molar-refractivity contribution in [1.82, 2.24) is 20.0 Å². The van der Waals surface area contributed by atoms with Crippen LogP contribution in [0.25, 0.3) is 5.65 Å². The van der Waals surface area contributed by atoms with E-state index in [0.29, 0.717) is 19.8 Å². The first-order valence-corrected chi connectivity index (χ1v) is 11.3. The molecule has 2 aromatic heterocycles. The zero-order valence-electron chi connectivity index (χ0n) is 20.1. The molecule has 3 aromatic rings. The van der Waals surface area contributed by atoms with E-state index >= 15 is 0 Å². The fourth-order valence-corrected chi connectivity index (χ4v) is 3.45. The van der Waals surface area contributed by atoms with Gasteiger partial charge in [0.25, 0.3) is 0 Å². The molecule has 1 aromatic carbocycles. The second kappa shape index (κ2) is 14.0. The molecule has 0 atom stereocenters. The van der Waals surface area contributed by atoms with Crippen molar-refractivity contribution < 1.29 is 9.47 Å². The highest BCUT2D eigenvalue weighted by Crippen LogP contribution is 2.21. The average molecular weight is 566 g/mol. The van der Waals surface area contributed by atoms with Gasteiger partial charge in [-0.1, -0.05) is 18.2 Å². The zero-order chi connectivity index (χ0) is 22.8. The number of imidazole rings is 1. The van der Waals surface area contributed by atoms with Gasteiger partial charge in [-0.15, -0.1) is 24.0 Å². The topological polar surface area (TPSA) is 72.2 Å². The molecule has 0 amide bonds. The Bertz CT molecular complexity index is 1030. The predicted octanol–water partition coefficient (Wildman–Crippen LogP) is 4.28. The molecule has 0 saturated carbocycles. The van der Waals surface area contributed by atoms with Gasteiger partial charge < -0.3 is 24.5 Å². The van der Waals surface area contributed by atoms with E-state index in [1.165, 1.54) is 11.1 Å². The first-order chi connectivity index (χ1) is 15.6. The lowest BCUT2D eigenvalue weighted by Gasteiger charge is -2.13. The average Bonchev–Trinajstić information content (AvgIpc) is 3.20. The van der Waals surface area contributed by atoms with Gasteiger partial charge in [-0.2, -0.15) is 0 Å². The van der Waals surface area contributed by atoms with Crippen molar-refractivity contribution in [3.05, 3.63) is 65.1 Å². The molecule has 0 spiro atoms. The van der Waals surface area contributed by atoms with Gasteiger partial charge in [0.2, 0.25) is 0 Å². The number of hydrogen-bond acceptors (Lipinski definition) is 4. The minimum Gasteiger partial charge on any atom is -0.493 e. The third-order valence-electron chi connectivity index (χ3n) is 5.13. The van der Waals surface area contributed by atoms with Crippen LogP contribution in [0.4, 0.5) is 0 Å². The van der Waals surface area contributed by atoms with Crippen molar-refractivity contribution in [2.75, 3.05) is 33.4 Å². The molecular formula is C25H36IN5O2. The number of methoxy groups -OCH3 is 1. The van der Waals surface area contributed by atoms with Crippen LogP contribution >= 0.6 is 24.0 Å². The first kappa shape index (κ1) is 26.9. The third-order valence-corrected chi connectivity index (χ3v) is 5.13. The van der Waals surface area contributed by atoms with Gasteiger partial charge in [0.05, 0.1) is 18.8 Å². The van der Waals surface area contributed by atoms with Crippen LogP contribution in [0.15, 0.2) is 47.7 Å².